The highest BCUT2D eigenvalue weighted by Crippen LogP contribution is 2.26. The number of hydrogen-bond acceptors (Lipinski definition) is 3. The molecule has 0 radical (unpaired) electrons. The number of rotatable bonds is 0. The fraction of sp³-hybridized carbons (Fsp3) is 1.00. The molecule has 1 saturated heterocycles. The van der Waals surface area contributed by atoms with Gasteiger partial charge < -0.3 is 5.11 Å². The molecule has 36 valence electrons. The van der Waals surface area contributed by atoms with Gasteiger partial charge in [-0.05, 0) is 0 Å². The van der Waals surface area contributed by atoms with E-state index in [0.29, 0.717) is 0 Å². The molecule has 0 saturated carbocycles. The van der Waals surface area contributed by atoms with Crippen molar-refractivity contribution in [3.63, 3.8) is 0 Å². The third-order valence-electron chi connectivity index (χ3n) is 0.604. The molecule has 1 fully saturated rings. The summed E-state index contributed by atoms with van der Waals surface area (Å²) in [4.78, 5) is 0. The number of aliphatic hydroxyl groups excluding tert-OH is 1. The lowest BCUT2D eigenvalue weighted by atomic mass is 10.9. The molecule has 0 aromatic carbocycles. The molecular formula is C3H6OS2. The Morgan fingerprint density at radius 2 is 2.50 bits per heavy atom. The zero-order chi connectivity index (χ0) is 4.41. The van der Waals surface area contributed by atoms with Crippen LogP contribution < -0.4 is 0 Å². The monoisotopic (exact) mass is 122 g/mol. The fourth-order valence-corrected chi connectivity index (χ4v) is 2.60. The maximum Gasteiger partial charge on any atom is 0.109 e. The van der Waals surface area contributed by atoms with Gasteiger partial charge >= 0.3 is 0 Å². The Kier molecular flexibility index (Phi) is 1.68. The van der Waals surface area contributed by atoms with Crippen LogP contribution in [0.25, 0.3) is 0 Å². The fourth-order valence-electron chi connectivity index (χ4n) is 0.324. The topological polar surface area (TPSA) is 20.2 Å². The van der Waals surface area contributed by atoms with Crippen molar-refractivity contribution >= 4 is 23.5 Å². The van der Waals surface area contributed by atoms with E-state index in [0.717, 1.165) is 10.8 Å². The standard InChI is InChI=1S/C3H6OS2/c4-3-1-5-2-6-3/h3-4H,1-2H2. The highest BCUT2D eigenvalue weighted by atomic mass is 32.2. The van der Waals surface area contributed by atoms with Gasteiger partial charge in [0.1, 0.15) is 5.44 Å². The van der Waals surface area contributed by atoms with Crippen LogP contribution in [-0.2, 0) is 0 Å². The molecule has 6 heavy (non-hydrogen) atoms. The molecule has 1 N–H and O–H groups in total. The number of thioether (sulfide) groups is 2. The van der Waals surface area contributed by atoms with E-state index in [1.54, 1.807) is 23.5 Å². The maximum absolute atomic E-state index is 8.67. The minimum atomic E-state index is -0.0741. The van der Waals surface area contributed by atoms with E-state index in [4.69, 9.17) is 5.11 Å². The van der Waals surface area contributed by atoms with Gasteiger partial charge in [-0.25, -0.2) is 0 Å². The van der Waals surface area contributed by atoms with Gasteiger partial charge in [0.05, 0.1) is 0 Å². The summed E-state index contributed by atoms with van der Waals surface area (Å²) in [5, 5.41) is 9.74. The van der Waals surface area contributed by atoms with Gasteiger partial charge in [-0.3, -0.25) is 0 Å². The van der Waals surface area contributed by atoms with Crippen molar-refractivity contribution in [2.75, 3.05) is 10.8 Å². The van der Waals surface area contributed by atoms with Gasteiger partial charge in [-0.15, -0.1) is 23.5 Å². The van der Waals surface area contributed by atoms with Crippen LogP contribution in [0, 0.1) is 0 Å². The Morgan fingerprint density at radius 3 is 2.67 bits per heavy atom. The quantitative estimate of drug-likeness (QED) is 0.512. The van der Waals surface area contributed by atoms with Crippen molar-refractivity contribution in [2.45, 2.75) is 5.44 Å². The molecule has 1 atom stereocenters. The van der Waals surface area contributed by atoms with E-state index in [-0.39, 0.29) is 5.44 Å². The summed E-state index contributed by atoms with van der Waals surface area (Å²) in [6, 6.07) is 0. The van der Waals surface area contributed by atoms with Crippen LogP contribution in [0.15, 0.2) is 0 Å². The van der Waals surface area contributed by atoms with E-state index < -0.39 is 0 Å². The lowest BCUT2D eigenvalue weighted by molar-refractivity contribution is 0.290. The third-order valence-corrected chi connectivity index (χ3v) is 3.13. The Balaban J connectivity index is 2.18. The predicted octanol–water partition coefficient (Wildman–Crippen LogP) is 0.742. The first-order valence-corrected chi connectivity index (χ1v) is 3.97. The zero-order valence-electron chi connectivity index (χ0n) is 3.26. The summed E-state index contributed by atoms with van der Waals surface area (Å²) >= 11 is 3.41. The minimum absolute atomic E-state index is 0.0741. The van der Waals surface area contributed by atoms with Crippen molar-refractivity contribution in [1.82, 2.24) is 0 Å². The molecule has 1 unspecified atom stereocenters. The van der Waals surface area contributed by atoms with Crippen molar-refractivity contribution in [1.29, 1.82) is 0 Å². The molecule has 0 aromatic heterocycles. The first kappa shape index (κ1) is 4.81. The third kappa shape index (κ3) is 1.06. The molecule has 0 bridgehead atoms. The summed E-state index contributed by atoms with van der Waals surface area (Å²) < 4.78 is 0. The summed E-state index contributed by atoms with van der Waals surface area (Å²) in [6.45, 7) is 0. The molecule has 1 aliphatic rings. The van der Waals surface area contributed by atoms with Crippen LogP contribution in [-0.4, -0.2) is 21.4 Å². The summed E-state index contributed by atoms with van der Waals surface area (Å²) in [5.41, 5.74) is -0.0741. The van der Waals surface area contributed by atoms with Crippen molar-refractivity contribution in [3.8, 4) is 0 Å². The molecule has 1 rings (SSSR count). The molecule has 0 aliphatic carbocycles. The average molecular weight is 122 g/mol. The molecule has 3 heteroatoms. The van der Waals surface area contributed by atoms with Crippen LogP contribution in [0.5, 0.6) is 0 Å². The van der Waals surface area contributed by atoms with E-state index in [1.165, 1.54) is 0 Å². The van der Waals surface area contributed by atoms with Crippen LogP contribution in [0.2, 0.25) is 0 Å². The largest absolute Gasteiger partial charge is 0.382 e. The highest BCUT2D eigenvalue weighted by molar-refractivity contribution is 8.19. The Labute approximate surface area is 45.5 Å². The summed E-state index contributed by atoms with van der Waals surface area (Å²) in [5.74, 6) is 0.921. The normalized spacial score (nSPS) is 34.5. The predicted molar refractivity (Wildman–Crippen MR) is 30.9 cm³/mol. The SMILES string of the molecule is OC1CSCS1. The van der Waals surface area contributed by atoms with Gasteiger partial charge in [0.2, 0.25) is 0 Å². The molecule has 0 amide bonds. The van der Waals surface area contributed by atoms with Gasteiger partial charge in [-0.1, -0.05) is 0 Å². The second-order valence-corrected chi connectivity index (χ2v) is 3.67. The van der Waals surface area contributed by atoms with Crippen LogP contribution in [0.1, 0.15) is 0 Å². The molecular weight excluding hydrogens is 116 g/mol. The van der Waals surface area contributed by atoms with Gasteiger partial charge in [0.15, 0.2) is 0 Å². The van der Waals surface area contributed by atoms with Crippen LogP contribution in [0.4, 0.5) is 0 Å². The van der Waals surface area contributed by atoms with Crippen LogP contribution >= 0.6 is 23.5 Å². The highest BCUT2D eigenvalue weighted by Gasteiger charge is 2.10. The van der Waals surface area contributed by atoms with Crippen molar-refractivity contribution < 1.29 is 5.11 Å². The van der Waals surface area contributed by atoms with E-state index in [1.807, 2.05) is 0 Å². The van der Waals surface area contributed by atoms with E-state index in [9.17, 15) is 0 Å². The smallest absolute Gasteiger partial charge is 0.109 e. The Bertz CT molecular complexity index is 42.1. The van der Waals surface area contributed by atoms with Crippen LogP contribution in [0.3, 0.4) is 0 Å². The maximum atomic E-state index is 8.67. The first-order valence-electron chi connectivity index (χ1n) is 1.77. The Morgan fingerprint density at radius 1 is 1.67 bits per heavy atom. The first-order chi connectivity index (χ1) is 2.89. The van der Waals surface area contributed by atoms with E-state index in [2.05, 4.69) is 0 Å². The number of hydrogen-bond donors (Lipinski definition) is 1. The molecule has 1 heterocycles. The lowest BCUT2D eigenvalue weighted by Crippen LogP contribution is -1.94. The lowest BCUT2D eigenvalue weighted by Gasteiger charge is -1.89. The van der Waals surface area contributed by atoms with Gasteiger partial charge in [0, 0.05) is 10.8 Å². The van der Waals surface area contributed by atoms with Crippen molar-refractivity contribution in [2.24, 2.45) is 0 Å². The molecule has 1 nitrogen and oxygen atoms in total. The Hall–Kier alpha value is 0.660. The zero-order valence-corrected chi connectivity index (χ0v) is 4.89. The molecule has 1 aliphatic heterocycles. The van der Waals surface area contributed by atoms with E-state index >= 15 is 0 Å². The second-order valence-electron chi connectivity index (χ2n) is 1.11. The van der Waals surface area contributed by atoms with Gasteiger partial charge in [-0.2, -0.15) is 0 Å². The second kappa shape index (κ2) is 2.09. The number of aliphatic hydroxyl groups is 1. The molecule has 0 spiro atoms. The minimum Gasteiger partial charge on any atom is -0.382 e. The van der Waals surface area contributed by atoms with Gasteiger partial charge in [0.25, 0.3) is 0 Å². The van der Waals surface area contributed by atoms with Crippen molar-refractivity contribution in [3.05, 3.63) is 0 Å². The summed E-state index contributed by atoms with van der Waals surface area (Å²) in [6.07, 6.45) is 0. The average Bonchev–Trinajstić information content (AvgIpc) is 1.86. The summed E-state index contributed by atoms with van der Waals surface area (Å²) in [7, 11) is 0. The molecule has 0 aromatic rings.